The van der Waals surface area contributed by atoms with Gasteiger partial charge in [-0.2, -0.15) is 0 Å². The van der Waals surface area contributed by atoms with Crippen LogP contribution in [0, 0.1) is 0 Å². The highest BCUT2D eigenvalue weighted by Gasteiger charge is 2.31. The Hall–Kier alpha value is -1.27. The summed E-state index contributed by atoms with van der Waals surface area (Å²) < 4.78 is 51.3. The van der Waals surface area contributed by atoms with Crippen molar-refractivity contribution in [3.05, 3.63) is 29.8 Å². The Morgan fingerprint density at radius 2 is 1.84 bits per heavy atom. The first kappa shape index (κ1) is 23.7. The van der Waals surface area contributed by atoms with E-state index in [4.69, 9.17) is 9.47 Å². The first-order valence-electron chi connectivity index (χ1n) is 7.31. The summed E-state index contributed by atoms with van der Waals surface area (Å²) in [5.74, 6) is 0.211. The first-order chi connectivity index (χ1) is 11.5. The minimum atomic E-state index is -4.73. The van der Waals surface area contributed by atoms with E-state index in [1.54, 1.807) is 26.3 Å². The Labute approximate surface area is 162 Å². The normalized spacial score (nSPS) is 11.6. The van der Waals surface area contributed by atoms with Crippen LogP contribution in [0.15, 0.2) is 29.3 Å². The lowest BCUT2D eigenvalue weighted by Gasteiger charge is -2.15. The number of hydrogen-bond acceptors (Lipinski definition) is 4. The molecule has 0 fully saturated rings. The van der Waals surface area contributed by atoms with Gasteiger partial charge in [0.25, 0.3) is 0 Å². The summed E-state index contributed by atoms with van der Waals surface area (Å²) in [6.45, 7) is 2.10. The van der Waals surface area contributed by atoms with Crippen molar-refractivity contribution < 1.29 is 27.4 Å². The van der Waals surface area contributed by atoms with E-state index in [0.717, 1.165) is 0 Å². The highest BCUT2D eigenvalue weighted by atomic mass is 127. The van der Waals surface area contributed by atoms with Crippen LogP contribution in [0.3, 0.4) is 0 Å². The van der Waals surface area contributed by atoms with Crippen molar-refractivity contribution in [1.29, 1.82) is 0 Å². The molecule has 1 aromatic rings. The van der Waals surface area contributed by atoms with Gasteiger partial charge in [0.05, 0.1) is 19.8 Å². The quantitative estimate of drug-likeness (QED) is 0.248. The molecule has 6 nitrogen and oxygen atoms in total. The number of ether oxygens (including phenoxy) is 3. The van der Waals surface area contributed by atoms with E-state index in [9.17, 15) is 13.2 Å². The Balaban J connectivity index is 0.00000576. The van der Waals surface area contributed by atoms with Crippen LogP contribution in [-0.4, -0.2) is 52.8 Å². The summed E-state index contributed by atoms with van der Waals surface area (Å²) in [5, 5.41) is 5.92. The number of hydrogen-bond donors (Lipinski definition) is 2. The molecule has 1 aromatic carbocycles. The van der Waals surface area contributed by atoms with Crippen molar-refractivity contribution >= 4 is 29.9 Å². The second kappa shape index (κ2) is 13.0. The van der Waals surface area contributed by atoms with Gasteiger partial charge in [0, 0.05) is 32.8 Å². The number of guanidine groups is 1. The lowest BCUT2D eigenvalue weighted by molar-refractivity contribution is -0.274. The average Bonchev–Trinajstić information content (AvgIpc) is 2.53. The number of para-hydroxylation sites is 1. The molecule has 0 saturated carbocycles. The number of benzene rings is 1. The lowest BCUT2D eigenvalue weighted by Crippen LogP contribution is -2.38. The third-order valence-electron chi connectivity index (χ3n) is 2.84. The molecule has 10 heteroatoms. The number of nitrogens with zero attached hydrogens (tertiary/aromatic N) is 1. The minimum Gasteiger partial charge on any atom is -0.405 e. The van der Waals surface area contributed by atoms with Gasteiger partial charge >= 0.3 is 6.36 Å². The van der Waals surface area contributed by atoms with Crippen molar-refractivity contribution in [2.75, 3.05) is 40.5 Å². The summed E-state index contributed by atoms with van der Waals surface area (Å²) in [6.07, 6.45) is -4.73. The third kappa shape index (κ3) is 11.1. The maximum atomic E-state index is 12.4. The van der Waals surface area contributed by atoms with E-state index in [1.807, 2.05) is 0 Å². The maximum absolute atomic E-state index is 12.4. The molecule has 0 saturated heterocycles. The zero-order chi connectivity index (χ0) is 17.8. The largest absolute Gasteiger partial charge is 0.573 e. The van der Waals surface area contributed by atoms with E-state index in [2.05, 4.69) is 20.4 Å². The zero-order valence-electron chi connectivity index (χ0n) is 14.1. The second-order valence-corrected chi connectivity index (χ2v) is 4.61. The molecular weight excluding hydrogens is 454 g/mol. The first-order valence-corrected chi connectivity index (χ1v) is 7.31. The van der Waals surface area contributed by atoms with Crippen LogP contribution < -0.4 is 15.4 Å². The lowest BCUT2D eigenvalue weighted by atomic mass is 10.2. The van der Waals surface area contributed by atoms with Gasteiger partial charge in [0.1, 0.15) is 5.75 Å². The molecule has 0 aliphatic rings. The monoisotopic (exact) mass is 477 g/mol. The van der Waals surface area contributed by atoms with E-state index in [0.29, 0.717) is 37.9 Å². The fourth-order valence-electron chi connectivity index (χ4n) is 1.76. The third-order valence-corrected chi connectivity index (χ3v) is 2.84. The van der Waals surface area contributed by atoms with Gasteiger partial charge < -0.3 is 24.8 Å². The molecule has 0 bridgehead atoms. The van der Waals surface area contributed by atoms with E-state index in [-0.39, 0.29) is 36.3 Å². The molecule has 0 aromatic heterocycles. The summed E-state index contributed by atoms with van der Waals surface area (Å²) in [4.78, 5) is 3.99. The van der Waals surface area contributed by atoms with Crippen LogP contribution in [0.5, 0.6) is 5.75 Å². The van der Waals surface area contributed by atoms with E-state index in [1.165, 1.54) is 12.1 Å². The molecule has 0 aliphatic heterocycles. The molecule has 0 unspecified atom stereocenters. The Kier molecular flexibility index (Phi) is 12.3. The molecular formula is C15H23F3IN3O3. The van der Waals surface area contributed by atoms with Gasteiger partial charge in [-0.1, -0.05) is 18.2 Å². The van der Waals surface area contributed by atoms with Crippen LogP contribution in [0.4, 0.5) is 13.2 Å². The van der Waals surface area contributed by atoms with Crippen LogP contribution in [0.25, 0.3) is 0 Å². The molecule has 0 spiro atoms. The number of aliphatic imine (C=N–C) groups is 1. The van der Waals surface area contributed by atoms with Crippen molar-refractivity contribution in [2.45, 2.75) is 12.9 Å². The van der Waals surface area contributed by atoms with Gasteiger partial charge in [-0.05, 0) is 6.07 Å². The molecule has 144 valence electrons. The molecule has 25 heavy (non-hydrogen) atoms. The van der Waals surface area contributed by atoms with Crippen LogP contribution in [-0.2, 0) is 16.0 Å². The van der Waals surface area contributed by atoms with E-state index >= 15 is 0 Å². The summed E-state index contributed by atoms with van der Waals surface area (Å²) in [7, 11) is 3.16. The summed E-state index contributed by atoms with van der Waals surface area (Å²) >= 11 is 0. The number of rotatable bonds is 9. The van der Waals surface area contributed by atoms with E-state index < -0.39 is 6.36 Å². The smallest absolute Gasteiger partial charge is 0.405 e. The van der Waals surface area contributed by atoms with Gasteiger partial charge in [0.15, 0.2) is 5.96 Å². The topological polar surface area (TPSA) is 64.1 Å². The Morgan fingerprint density at radius 1 is 1.12 bits per heavy atom. The Morgan fingerprint density at radius 3 is 2.48 bits per heavy atom. The van der Waals surface area contributed by atoms with Crippen LogP contribution >= 0.6 is 24.0 Å². The van der Waals surface area contributed by atoms with Gasteiger partial charge in [0.2, 0.25) is 0 Å². The second-order valence-electron chi connectivity index (χ2n) is 4.61. The molecule has 0 amide bonds. The fraction of sp³-hybridized carbons (Fsp3) is 0.533. The SMILES string of the molecule is CN=C(NCCOCCOC)NCc1ccccc1OC(F)(F)F.I. The summed E-state index contributed by atoms with van der Waals surface area (Å²) in [5.41, 5.74) is 0.370. The van der Waals surface area contributed by atoms with Crippen molar-refractivity contribution in [1.82, 2.24) is 10.6 Å². The molecule has 1 rings (SSSR count). The average molecular weight is 477 g/mol. The maximum Gasteiger partial charge on any atom is 0.573 e. The van der Waals surface area contributed by atoms with Gasteiger partial charge in [-0.15, -0.1) is 37.1 Å². The predicted molar refractivity (Wildman–Crippen MR) is 99.4 cm³/mol. The van der Waals surface area contributed by atoms with Gasteiger partial charge in [-0.25, -0.2) is 0 Å². The standard InChI is InChI=1S/C15H22F3N3O3.HI/c1-19-14(20-7-8-23-10-9-22-2)21-11-12-5-3-4-6-13(12)24-15(16,17)18;/h3-6H,7-11H2,1-2H3,(H2,19,20,21);1H. The van der Waals surface area contributed by atoms with Gasteiger partial charge in [-0.3, -0.25) is 4.99 Å². The van der Waals surface area contributed by atoms with Crippen molar-refractivity contribution in [2.24, 2.45) is 4.99 Å². The fourth-order valence-corrected chi connectivity index (χ4v) is 1.76. The van der Waals surface area contributed by atoms with Crippen LogP contribution in [0.1, 0.15) is 5.56 Å². The van der Waals surface area contributed by atoms with Crippen LogP contribution in [0.2, 0.25) is 0 Å². The highest BCUT2D eigenvalue weighted by molar-refractivity contribution is 14.0. The predicted octanol–water partition coefficient (Wildman–Crippen LogP) is 2.53. The number of nitrogens with one attached hydrogen (secondary N) is 2. The number of halogens is 4. The molecule has 2 N–H and O–H groups in total. The Bertz CT molecular complexity index is 516. The number of alkyl halides is 3. The minimum absolute atomic E-state index is 0. The molecule has 0 heterocycles. The summed E-state index contributed by atoms with van der Waals surface area (Å²) in [6, 6.07) is 5.94. The van der Waals surface area contributed by atoms with Crippen molar-refractivity contribution in [3.8, 4) is 5.75 Å². The number of methoxy groups -OCH3 is 1. The molecule has 0 atom stereocenters. The highest BCUT2D eigenvalue weighted by Crippen LogP contribution is 2.25. The zero-order valence-corrected chi connectivity index (χ0v) is 16.4. The van der Waals surface area contributed by atoms with Crippen molar-refractivity contribution in [3.63, 3.8) is 0 Å². The molecule has 0 radical (unpaired) electrons. The molecule has 0 aliphatic carbocycles.